The SMILES string of the molecule is COc1ncccc1CN1C[C@H]2[C@H](C1)[S+](=O)([O-])C(C)(C)C(=O)N2CC1CCOCC1. The number of amides is 1. The van der Waals surface area contributed by atoms with Crippen molar-refractivity contribution in [3.8, 4) is 5.88 Å². The summed E-state index contributed by atoms with van der Waals surface area (Å²) in [6, 6.07) is 3.47. The van der Waals surface area contributed by atoms with E-state index in [1.807, 2.05) is 17.0 Å². The highest BCUT2D eigenvalue weighted by Crippen LogP contribution is 2.42. The number of ether oxygens (including phenoxy) is 2. The zero-order valence-electron chi connectivity index (χ0n) is 17.9. The van der Waals surface area contributed by atoms with E-state index in [0.29, 0.717) is 51.2 Å². The van der Waals surface area contributed by atoms with Crippen LogP contribution >= 0.6 is 0 Å². The number of carbonyl (C=O) groups is 1. The van der Waals surface area contributed by atoms with Crippen LogP contribution < -0.4 is 4.74 Å². The Morgan fingerprint density at radius 3 is 2.77 bits per heavy atom. The molecule has 3 fully saturated rings. The molecule has 0 N–H and O–H groups in total. The minimum atomic E-state index is -3.61. The van der Waals surface area contributed by atoms with Crippen LogP contribution in [0.25, 0.3) is 0 Å². The normalized spacial score (nSPS) is 32.3. The van der Waals surface area contributed by atoms with E-state index in [4.69, 9.17) is 9.47 Å². The predicted molar refractivity (Wildman–Crippen MR) is 112 cm³/mol. The minimum Gasteiger partial charge on any atom is -0.614 e. The van der Waals surface area contributed by atoms with Crippen LogP contribution in [0.2, 0.25) is 0 Å². The second kappa shape index (κ2) is 8.18. The molecule has 166 valence electrons. The number of hydrogen-bond donors (Lipinski definition) is 0. The first-order valence-electron chi connectivity index (χ1n) is 10.6. The molecular weight excluding hydrogens is 406 g/mol. The fraction of sp³-hybridized carbons (Fsp3) is 0.714. The van der Waals surface area contributed by atoms with Gasteiger partial charge in [0.25, 0.3) is 5.91 Å². The van der Waals surface area contributed by atoms with Gasteiger partial charge in [-0.25, -0.2) is 4.98 Å². The molecule has 0 bridgehead atoms. The van der Waals surface area contributed by atoms with Crippen LogP contribution in [0, 0.1) is 5.92 Å². The number of nitrogens with zero attached hydrogens (tertiary/aromatic N) is 3. The van der Waals surface area contributed by atoms with Gasteiger partial charge in [0.1, 0.15) is 0 Å². The molecule has 0 spiro atoms. The Balaban J connectivity index is 1.59. The number of methoxy groups -OCH3 is 1. The predicted octanol–water partition coefficient (Wildman–Crippen LogP) is 1.32. The van der Waals surface area contributed by atoms with Crippen molar-refractivity contribution in [2.24, 2.45) is 5.92 Å². The van der Waals surface area contributed by atoms with E-state index in [1.165, 1.54) is 0 Å². The molecule has 1 amide bonds. The van der Waals surface area contributed by atoms with Crippen molar-refractivity contribution in [2.75, 3.05) is 40.0 Å². The minimum absolute atomic E-state index is 0.268. The van der Waals surface area contributed by atoms with E-state index in [9.17, 15) is 13.6 Å². The number of hydrogen-bond acceptors (Lipinski definition) is 7. The van der Waals surface area contributed by atoms with Crippen LogP contribution in [0.1, 0.15) is 32.3 Å². The lowest BCUT2D eigenvalue weighted by Gasteiger charge is -2.48. The molecular formula is C21H31N3O5S. The van der Waals surface area contributed by atoms with Crippen molar-refractivity contribution in [3.63, 3.8) is 0 Å². The van der Waals surface area contributed by atoms with Gasteiger partial charge >= 0.3 is 0 Å². The summed E-state index contributed by atoms with van der Waals surface area (Å²) in [7, 11) is -2.03. The molecule has 3 aliphatic rings. The lowest BCUT2D eigenvalue weighted by atomic mass is 9.97. The van der Waals surface area contributed by atoms with Crippen molar-refractivity contribution in [1.29, 1.82) is 0 Å². The number of pyridine rings is 1. The zero-order chi connectivity index (χ0) is 21.5. The Hall–Kier alpha value is -1.55. The first-order chi connectivity index (χ1) is 14.3. The Morgan fingerprint density at radius 1 is 1.33 bits per heavy atom. The van der Waals surface area contributed by atoms with Crippen LogP contribution in [-0.4, -0.2) is 81.2 Å². The van der Waals surface area contributed by atoms with Crippen LogP contribution in [0.3, 0.4) is 0 Å². The highest BCUT2D eigenvalue weighted by molar-refractivity contribution is 8.00. The Labute approximate surface area is 179 Å². The number of aromatic nitrogens is 1. The number of likely N-dealkylation sites (tertiary alicyclic amines) is 1. The van der Waals surface area contributed by atoms with Crippen molar-refractivity contribution < 1.29 is 23.0 Å². The summed E-state index contributed by atoms with van der Waals surface area (Å²) in [6.07, 6.45) is 3.49. The van der Waals surface area contributed by atoms with Gasteiger partial charge in [-0.15, -0.1) is 4.21 Å². The van der Waals surface area contributed by atoms with Crippen LogP contribution in [0.15, 0.2) is 18.3 Å². The maximum atomic E-state index is 13.4. The van der Waals surface area contributed by atoms with E-state index in [-0.39, 0.29) is 11.9 Å². The molecule has 3 saturated heterocycles. The van der Waals surface area contributed by atoms with Gasteiger partial charge in [-0.3, -0.25) is 9.69 Å². The van der Waals surface area contributed by atoms with Crippen molar-refractivity contribution in [1.82, 2.24) is 14.8 Å². The van der Waals surface area contributed by atoms with Crippen LogP contribution in [0.5, 0.6) is 5.88 Å². The fourth-order valence-electron chi connectivity index (χ4n) is 4.96. The maximum Gasteiger partial charge on any atom is 0.278 e. The first-order valence-corrected chi connectivity index (χ1v) is 12.1. The second-order valence-corrected chi connectivity index (χ2v) is 11.8. The quantitative estimate of drug-likeness (QED) is 0.641. The van der Waals surface area contributed by atoms with E-state index in [0.717, 1.165) is 18.4 Å². The largest absolute Gasteiger partial charge is 0.614 e. The molecule has 0 radical (unpaired) electrons. The molecule has 8 nitrogen and oxygen atoms in total. The number of carbonyl (C=O) groups excluding carboxylic acids is 1. The summed E-state index contributed by atoms with van der Waals surface area (Å²) < 4.78 is 36.1. The van der Waals surface area contributed by atoms with Gasteiger partial charge in [0.2, 0.25) is 10.6 Å². The molecule has 0 aliphatic carbocycles. The molecule has 0 saturated carbocycles. The van der Waals surface area contributed by atoms with E-state index in [2.05, 4.69) is 9.88 Å². The summed E-state index contributed by atoms with van der Waals surface area (Å²) in [5, 5.41) is -0.576. The second-order valence-electron chi connectivity index (χ2n) is 9.04. The topological polar surface area (TPSA) is 95.0 Å². The van der Waals surface area contributed by atoms with Gasteiger partial charge in [0.05, 0.1) is 23.4 Å². The lowest BCUT2D eigenvalue weighted by Crippen LogP contribution is -2.68. The first kappa shape index (κ1) is 21.7. The Bertz CT molecular complexity index is 842. The average Bonchev–Trinajstić information content (AvgIpc) is 3.16. The lowest BCUT2D eigenvalue weighted by molar-refractivity contribution is -0.137. The maximum absolute atomic E-state index is 13.4. The summed E-state index contributed by atoms with van der Waals surface area (Å²) in [6.45, 7) is 6.62. The van der Waals surface area contributed by atoms with Crippen molar-refractivity contribution >= 4 is 16.1 Å². The summed E-state index contributed by atoms with van der Waals surface area (Å²) in [4.78, 5) is 21.5. The molecule has 1 aromatic rings. The molecule has 4 rings (SSSR count). The van der Waals surface area contributed by atoms with Crippen molar-refractivity contribution in [3.05, 3.63) is 23.9 Å². The van der Waals surface area contributed by atoms with E-state index < -0.39 is 20.2 Å². The molecule has 4 heterocycles. The van der Waals surface area contributed by atoms with Gasteiger partial charge in [-0.1, -0.05) is 6.07 Å². The van der Waals surface area contributed by atoms with E-state index in [1.54, 1.807) is 27.2 Å². The highest BCUT2D eigenvalue weighted by Gasteiger charge is 2.63. The molecule has 9 heteroatoms. The summed E-state index contributed by atoms with van der Waals surface area (Å²) in [5.41, 5.74) is 0.914. The molecule has 3 atom stereocenters. The summed E-state index contributed by atoms with van der Waals surface area (Å²) >= 11 is 0. The van der Waals surface area contributed by atoms with Gasteiger partial charge < -0.3 is 18.9 Å². The standard InChI is InChI=1S/C21H31N3O5S/c1-21(2)20(25)24(11-15-6-9-29-10-7-15)17-13-23(14-18(17)30(21,26)27)12-16-5-4-8-22-19(16)28-3/h4-5,8,15,17-18H,6-7,9-14H2,1-3H3/t17-,18-/m0/s1. The Kier molecular flexibility index (Phi) is 5.91. The zero-order valence-corrected chi connectivity index (χ0v) is 18.7. The summed E-state index contributed by atoms with van der Waals surface area (Å²) in [5.74, 6) is 0.633. The van der Waals surface area contributed by atoms with Gasteiger partial charge in [-0.2, -0.15) is 0 Å². The van der Waals surface area contributed by atoms with Crippen LogP contribution in [-0.2, 0) is 30.5 Å². The van der Waals surface area contributed by atoms with Gasteiger partial charge in [0.15, 0.2) is 5.25 Å². The van der Waals surface area contributed by atoms with E-state index >= 15 is 0 Å². The van der Waals surface area contributed by atoms with Crippen LogP contribution in [0.4, 0.5) is 0 Å². The molecule has 1 unspecified atom stereocenters. The number of rotatable bonds is 5. The number of fused-ring (bicyclic) bond motifs is 1. The third-order valence-corrected chi connectivity index (χ3v) is 9.69. The highest BCUT2D eigenvalue weighted by atomic mass is 32.3. The monoisotopic (exact) mass is 437 g/mol. The Morgan fingerprint density at radius 2 is 2.07 bits per heavy atom. The molecule has 0 aromatic carbocycles. The molecule has 30 heavy (non-hydrogen) atoms. The third kappa shape index (κ3) is 3.66. The molecule has 3 aliphatic heterocycles. The van der Waals surface area contributed by atoms with Crippen molar-refractivity contribution in [2.45, 2.75) is 49.3 Å². The smallest absolute Gasteiger partial charge is 0.278 e. The third-order valence-electron chi connectivity index (χ3n) is 6.83. The fourth-order valence-corrected chi connectivity index (χ4v) is 7.13. The van der Waals surface area contributed by atoms with Gasteiger partial charge in [0, 0.05) is 51.2 Å². The van der Waals surface area contributed by atoms with Gasteiger partial charge in [-0.05, 0) is 38.7 Å². The number of sulfone groups is 1. The average molecular weight is 438 g/mol. The molecule has 1 aromatic heterocycles.